The van der Waals surface area contributed by atoms with Gasteiger partial charge in [-0.25, -0.2) is 0 Å². The van der Waals surface area contributed by atoms with Gasteiger partial charge in [-0.1, -0.05) is 41.9 Å². The molecule has 0 spiro atoms. The van der Waals surface area contributed by atoms with Gasteiger partial charge in [-0.2, -0.15) is 0 Å². The van der Waals surface area contributed by atoms with Gasteiger partial charge in [-0.3, -0.25) is 9.59 Å². The third-order valence-corrected chi connectivity index (χ3v) is 5.97. The Morgan fingerprint density at radius 2 is 1.71 bits per heavy atom. The molecule has 1 aromatic heterocycles. The Morgan fingerprint density at radius 1 is 1.00 bits per heavy atom. The largest absolute Gasteiger partial charge is 0.497 e. The number of hydrogen-bond donors (Lipinski definition) is 3. The van der Waals surface area contributed by atoms with Crippen molar-refractivity contribution < 1.29 is 14.3 Å². The molecule has 0 radical (unpaired) electrons. The van der Waals surface area contributed by atoms with Crippen molar-refractivity contribution in [3.05, 3.63) is 106 Å². The number of carbonyl (C=O) groups is 2. The van der Waals surface area contributed by atoms with E-state index >= 15 is 0 Å². The predicted octanol–water partition coefficient (Wildman–Crippen LogP) is 5.27. The minimum atomic E-state index is -0.393. The minimum absolute atomic E-state index is 0.142. The number of fused-ring (bicyclic) bond motifs is 1. The summed E-state index contributed by atoms with van der Waals surface area (Å²) in [6.07, 6.45) is 2.28. The van der Waals surface area contributed by atoms with Gasteiger partial charge >= 0.3 is 0 Å². The Balaban J connectivity index is 1.50. The number of aromatic amines is 1. The van der Waals surface area contributed by atoms with E-state index in [1.54, 1.807) is 61.7 Å². The summed E-state index contributed by atoms with van der Waals surface area (Å²) in [5, 5.41) is 7.42. The van der Waals surface area contributed by atoms with E-state index in [0.29, 0.717) is 29.3 Å². The van der Waals surface area contributed by atoms with Gasteiger partial charge in [0.2, 0.25) is 0 Å². The summed E-state index contributed by atoms with van der Waals surface area (Å²) < 4.78 is 5.15. The molecule has 35 heavy (non-hydrogen) atoms. The van der Waals surface area contributed by atoms with E-state index in [1.165, 1.54) is 0 Å². The summed E-state index contributed by atoms with van der Waals surface area (Å²) >= 11 is 5.99. The first-order valence-electron chi connectivity index (χ1n) is 11.2. The van der Waals surface area contributed by atoms with Crippen molar-refractivity contribution in [1.29, 1.82) is 0 Å². The summed E-state index contributed by atoms with van der Waals surface area (Å²) in [7, 11) is 1.56. The Hall–Kier alpha value is -4.03. The molecule has 0 unspecified atom stereocenters. The number of amides is 2. The number of halogens is 1. The molecule has 6 nitrogen and oxygen atoms in total. The van der Waals surface area contributed by atoms with Crippen molar-refractivity contribution in [3.63, 3.8) is 0 Å². The van der Waals surface area contributed by atoms with E-state index in [0.717, 1.165) is 27.7 Å². The molecular formula is C28H26ClN3O3. The highest BCUT2D eigenvalue weighted by atomic mass is 35.5. The van der Waals surface area contributed by atoms with Crippen LogP contribution in [-0.2, 0) is 11.2 Å². The van der Waals surface area contributed by atoms with Gasteiger partial charge in [0.05, 0.1) is 7.11 Å². The fourth-order valence-corrected chi connectivity index (χ4v) is 4.00. The van der Waals surface area contributed by atoms with Crippen LogP contribution in [-0.4, -0.2) is 30.5 Å². The van der Waals surface area contributed by atoms with Gasteiger partial charge in [0.15, 0.2) is 0 Å². The molecule has 1 heterocycles. The van der Waals surface area contributed by atoms with E-state index in [4.69, 9.17) is 16.3 Å². The zero-order valence-corrected chi connectivity index (χ0v) is 20.3. The maximum absolute atomic E-state index is 13.1. The number of benzene rings is 3. The number of carbonyl (C=O) groups excluding carboxylic acids is 2. The molecule has 0 aliphatic rings. The number of methoxy groups -OCH3 is 1. The lowest BCUT2D eigenvalue weighted by atomic mass is 10.1. The fraction of sp³-hybridized carbons (Fsp3) is 0.143. The van der Waals surface area contributed by atoms with Crippen molar-refractivity contribution in [3.8, 4) is 5.75 Å². The number of hydrogen-bond acceptors (Lipinski definition) is 3. The smallest absolute Gasteiger partial charge is 0.267 e. The monoisotopic (exact) mass is 487 g/mol. The summed E-state index contributed by atoms with van der Waals surface area (Å²) in [5.74, 6) is -0.126. The van der Waals surface area contributed by atoms with Crippen LogP contribution in [0.2, 0.25) is 5.02 Å². The van der Waals surface area contributed by atoms with Gasteiger partial charge in [0.25, 0.3) is 11.8 Å². The van der Waals surface area contributed by atoms with Crippen LogP contribution in [0.5, 0.6) is 5.75 Å². The molecule has 0 fully saturated rings. The Morgan fingerprint density at radius 3 is 2.43 bits per heavy atom. The van der Waals surface area contributed by atoms with Gasteiger partial charge < -0.3 is 20.4 Å². The van der Waals surface area contributed by atoms with Crippen molar-refractivity contribution >= 4 is 40.4 Å². The molecule has 7 heteroatoms. The van der Waals surface area contributed by atoms with E-state index in [9.17, 15) is 9.59 Å². The van der Waals surface area contributed by atoms with Crippen LogP contribution in [0.4, 0.5) is 0 Å². The molecule has 0 atom stereocenters. The third kappa shape index (κ3) is 5.91. The maximum atomic E-state index is 13.1. The Kier molecular flexibility index (Phi) is 7.53. The average Bonchev–Trinajstić information content (AvgIpc) is 3.19. The molecule has 2 amide bonds. The molecule has 4 aromatic rings. The predicted molar refractivity (Wildman–Crippen MR) is 140 cm³/mol. The van der Waals surface area contributed by atoms with E-state index in [2.05, 4.69) is 21.7 Å². The fourth-order valence-electron chi connectivity index (χ4n) is 3.87. The summed E-state index contributed by atoms with van der Waals surface area (Å²) in [6.45, 7) is 2.44. The molecule has 4 rings (SSSR count). The van der Waals surface area contributed by atoms with E-state index in [1.807, 2.05) is 25.1 Å². The zero-order chi connectivity index (χ0) is 24.8. The first-order valence-corrected chi connectivity index (χ1v) is 11.6. The first-order chi connectivity index (χ1) is 16.9. The van der Waals surface area contributed by atoms with Crippen LogP contribution >= 0.6 is 11.6 Å². The van der Waals surface area contributed by atoms with Crippen molar-refractivity contribution in [2.45, 2.75) is 13.3 Å². The molecular weight excluding hydrogens is 462 g/mol. The highest BCUT2D eigenvalue weighted by Crippen LogP contribution is 2.22. The quantitative estimate of drug-likeness (QED) is 0.296. The van der Waals surface area contributed by atoms with Crippen molar-refractivity contribution in [2.75, 3.05) is 13.7 Å². The molecule has 3 N–H and O–H groups in total. The Labute approximate surface area is 209 Å². The van der Waals surface area contributed by atoms with Crippen LogP contribution in [0.3, 0.4) is 0 Å². The van der Waals surface area contributed by atoms with Crippen LogP contribution in [0.15, 0.2) is 78.5 Å². The molecule has 0 saturated carbocycles. The van der Waals surface area contributed by atoms with Crippen LogP contribution in [0.1, 0.15) is 27.2 Å². The maximum Gasteiger partial charge on any atom is 0.267 e. The lowest BCUT2D eigenvalue weighted by Crippen LogP contribution is -2.35. The first kappa shape index (κ1) is 24.1. The van der Waals surface area contributed by atoms with Gasteiger partial charge in [0.1, 0.15) is 11.4 Å². The van der Waals surface area contributed by atoms with E-state index < -0.39 is 5.91 Å². The number of ether oxygens (including phenoxy) is 1. The number of aryl methyl sites for hydroxylation is 1. The topological polar surface area (TPSA) is 83.2 Å². The number of H-pyrrole nitrogens is 1. The standard InChI is InChI=1S/C28H26ClN3O3/c1-18-23(24-5-3-4-6-25(24)31-18)15-16-30-28(34)26(17-19-7-11-21(29)12-8-19)32-27(33)20-9-13-22(35-2)14-10-20/h3-14,17,31H,15-16H2,1-2H3,(H,30,34)(H,32,33)/b26-17-. The average molecular weight is 488 g/mol. The molecule has 0 saturated heterocycles. The highest BCUT2D eigenvalue weighted by Gasteiger charge is 2.16. The molecule has 178 valence electrons. The second-order valence-corrected chi connectivity index (χ2v) is 8.51. The molecule has 0 aliphatic carbocycles. The second kappa shape index (κ2) is 10.9. The lowest BCUT2D eigenvalue weighted by molar-refractivity contribution is -0.117. The molecule has 3 aromatic carbocycles. The van der Waals surface area contributed by atoms with Gasteiger partial charge in [-0.15, -0.1) is 0 Å². The third-order valence-electron chi connectivity index (χ3n) is 5.71. The number of nitrogens with one attached hydrogen (secondary N) is 3. The Bertz CT molecular complexity index is 1370. The van der Waals surface area contributed by atoms with Crippen molar-refractivity contribution in [1.82, 2.24) is 15.6 Å². The molecule has 0 bridgehead atoms. The van der Waals surface area contributed by atoms with Crippen LogP contribution in [0, 0.1) is 6.92 Å². The van der Waals surface area contributed by atoms with Gasteiger partial charge in [-0.05, 0) is 73.0 Å². The summed E-state index contributed by atoms with van der Waals surface area (Å²) in [6, 6.07) is 21.8. The van der Waals surface area contributed by atoms with Gasteiger partial charge in [0, 0.05) is 33.7 Å². The minimum Gasteiger partial charge on any atom is -0.497 e. The summed E-state index contributed by atoms with van der Waals surface area (Å²) in [5.41, 5.74) is 4.60. The lowest BCUT2D eigenvalue weighted by Gasteiger charge is -2.12. The van der Waals surface area contributed by atoms with Crippen LogP contribution < -0.4 is 15.4 Å². The SMILES string of the molecule is COc1ccc(C(=O)N/C(=C\c2ccc(Cl)cc2)C(=O)NCCc2c(C)[nH]c3ccccc23)cc1. The summed E-state index contributed by atoms with van der Waals surface area (Å²) in [4.78, 5) is 29.3. The molecule has 0 aliphatic heterocycles. The zero-order valence-electron chi connectivity index (χ0n) is 19.5. The number of para-hydroxylation sites is 1. The number of aromatic nitrogens is 1. The second-order valence-electron chi connectivity index (χ2n) is 8.07. The van der Waals surface area contributed by atoms with Crippen molar-refractivity contribution in [2.24, 2.45) is 0 Å². The highest BCUT2D eigenvalue weighted by molar-refractivity contribution is 6.30. The normalized spacial score (nSPS) is 11.3. The van der Waals surface area contributed by atoms with E-state index in [-0.39, 0.29) is 11.6 Å². The number of rotatable bonds is 8. The van der Waals surface area contributed by atoms with Crippen LogP contribution in [0.25, 0.3) is 17.0 Å².